The molecule has 1 amide bonds. The van der Waals surface area contributed by atoms with Crippen LogP contribution in [0.15, 0.2) is 47.6 Å². The second kappa shape index (κ2) is 8.75. The van der Waals surface area contributed by atoms with Gasteiger partial charge in [0, 0.05) is 17.0 Å². The number of hydrogen-bond donors (Lipinski definition) is 1. The van der Waals surface area contributed by atoms with Crippen LogP contribution in [0.25, 0.3) is 0 Å². The number of hydrogen-bond acceptors (Lipinski definition) is 7. The number of rotatable bonds is 7. The van der Waals surface area contributed by atoms with Crippen LogP contribution in [0.5, 0.6) is 11.5 Å². The largest absolute Gasteiger partial charge is 0.493 e. The van der Waals surface area contributed by atoms with Gasteiger partial charge in [-0.3, -0.25) is 9.52 Å². The SMILES string of the molecule is COc1ccc(C2=NN(Cc3cccc(NS(C)(=O)=O)c3)C(=O)SC2)cc1OC. The molecule has 2 aromatic carbocycles. The van der Waals surface area contributed by atoms with Gasteiger partial charge in [-0.25, -0.2) is 13.4 Å². The summed E-state index contributed by atoms with van der Waals surface area (Å²) in [5, 5.41) is 5.71. The number of ether oxygens (including phenoxy) is 2. The van der Waals surface area contributed by atoms with E-state index in [1.165, 1.54) is 5.01 Å². The zero-order valence-corrected chi connectivity index (χ0v) is 17.8. The lowest BCUT2D eigenvalue weighted by molar-refractivity contribution is 0.222. The molecule has 0 radical (unpaired) electrons. The molecule has 3 rings (SSSR count). The summed E-state index contributed by atoms with van der Waals surface area (Å²) >= 11 is 1.16. The van der Waals surface area contributed by atoms with Crippen molar-refractivity contribution >= 4 is 38.4 Å². The topological polar surface area (TPSA) is 97.3 Å². The molecule has 10 heteroatoms. The van der Waals surface area contributed by atoms with Gasteiger partial charge in [-0.05, 0) is 35.9 Å². The Bertz CT molecular complexity index is 1050. The predicted octanol–water partition coefficient (Wildman–Crippen LogP) is 3.15. The number of methoxy groups -OCH3 is 2. The monoisotopic (exact) mass is 435 g/mol. The van der Waals surface area contributed by atoms with Crippen LogP contribution in [0.1, 0.15) is 11.1 Å². The van der Waals surface area contributed by atoms with Crippen molar-refractivity contribution in [2.75, 3.05) is 31.0 Å². The second-order valence-electron chi connectivity index (χ2n) is 6.30. The first-order valence-electron chi connectivity index (χ1n) is 8.60. The first-order valence-corrected chi connectivity index (χ1v) is 11.5. The maximum Gasteiger partial charge on any atom is 0.302 e. The molecule has 1 aliphatic heterocycles. The minimum Gasteiger partial charge on any atom is -0.493 e. The van der Waals surface area contributed by atoms with E-state index in [9.17, 15) is 13.2 Å². The smallest absolute Gasteiger partial charge is 0.302 e. The van der Waals surface area contributed by atoms with E-state index in [2.05, 4.69) is 9.82 Å². The van der Waals surface area contributed by atoms with E-state index >= 15 is 0 Å². The number of hydrazone groups is 1. The van der Waals surface area contributed by atoms with Crippen molar-refractivity contribution in [2.45, 2.75) is 6.54 Å². The molecule has 2 aromatic rings. The molecular formula is C19H21N3O5S2. The Kier molecular flexibility index (Phi) is 6.33. The molecule has 29 heavy (non-hydrogen) atoms. The molecule has 0 spiro atoms. The van der Waals surface area contributed by atoms with Crippen LogP contribution >= 0.6 is 11.8 Å². The lowest BCUT2D eigenvalue weighted by Gasteiger charge is -2.23. The van der Waals surface area contributed by atoms with Crippen molar-refractivity contribution in [2.24, 2.45) is 5.10 Å². The number of thioether (sulfide) groups is 1. The Morgan fingerprint density at radius 3 is 2.59 bits per heavy atom. The van der Waals surface area contributed by atoms with Gasteiger partial charge in [0.1, 0.15) is 0 Å². The average Bonchev–Trinajstić information content (AvgIpc) is 2.68. The zero-order valence-electron chi connectivity index (χ0n) is 16.2. The predicted molar refractivity (Wildman–Crippen MR) is 114 cm³/mol. The highest BCUT2D eigenvalue weighted by atomic mass is 32.2. The molecule has 0 unspecified atom stereocenters. The third-order valence-corrected chi connectivity index (χ3v) is 5.55. The first kappa shape index (κ1) is 21.0. The standard InChI is InChI=1S/C19H21N3O5S2/c1-26-17-8-7-14(10-18(17)27-2)16-12-28-19(23)22(20-16)11-13-5-4-6-15(9-13)21-29(3,24)25/h4-10,21H,11-12H2,1-3H3. The van der Waals surface area contributed by atoms with E-state index in [4.69, 9.17) is 9.47 Å². The minimum atomic E-state index is -3.38. The van der Waals surface area contributed by atoms with Crippen LogP contribution in [0, 0.1) is 0 Å². The fourth-order valence-electron chi connectivity index (χ4n) is 2.80. The number of nitrogens with zero attached hydrogens (tertiary/aromatic N) is 2. The van der Waals surface area contributed by atoms with Crippen molar-refractivity contribution in [3.05, 3.63) is 53.6 Å². The Morgan fingerprint density at radius 1 is 1.14 bits per heavy atom. The molecule has 8 nitrogen and oxygen atoms in total. The molecule has 0 saturated heterocycles. The van der Waals surface area contributed by atoms with Gasteiger partial charge >= 0.3 is 5.24 Å². The van der Waals surface area contributed by atoms with Crippen molar-refractivity contribution in [3.8, 4) is 11.5 Å². The first-order chi connectivity index (χ1) is 13.8. The molecule has 0 atom stereocenters. The molecular weight excluding hydrogens is 414 g/mol. The molecule has 0 aliphatic carbocycles. The summed E-state index contributed by atoms with van der Waals surface area (Å²) < 4.78 is 35.9. The summed E-state index contributed by atoms with van der Waals surface area (Å²) in [7, 11) is -0.249. The van der Waals surface area contributed by atoms with E-state index in [0.29, 0.717) is 22.9 Å². The molecule has 0 aromatic heterocycles. The van der Waals surface area contributed by atoms with Crippen molar-refractivity contribution < 1.29 is 22.7 Å². The summed E-state index contributed by atoms with van der Waals surface area (Å²) in [6.45, 7) is 0.224. The molecule has 0 fully saturated rings. The van der Waals surface area contributed by atoms with E-state index in [-0.39, 0.29) is 11.8 Å². The quantitative estimate of drug-likeness (QED) is 0.718. The van der Waals surface area contributed by atoms with Crippen LogP contribution in [-0.2, 0) is 16.6 Å². The lowest BCUT2D eigenvalue weighted by Crippen LogP contribution is -2.29. The van der Waals surface area contributed by atoms with Gasteiger partial charge in [-0.1, -0.05) is 23.9 Å². The Labute approximate surface area is 173 Å². The van der Waals surface area contributed by atoms with E-state index in [1.807, 2.05) is 18.2 Å². The summed E-state index contributed by atoms with van der Waals surface area (Å²) in [6.07, 6.45) is 1.09. The summed E-state index contributed by atoms with van der Waals surface area (Å²) in [5.41, 5.74) is 2.76. The molecule has 1 heterocycles. The van der Waals surface area contributed by atoms with Gasteiger partial charge in [-0.2, -0.15) is 5.10 Å². The van der Waals surface area contributed by atoms with Crippen molar-refractivity contribution in [1.29, 1.82) is 0 Å². The summed E-state index contributed by atoms with van der Waals surface area (Å²) in [6, 6.07) is 12.3. The molecule has 1 aliphatic rings. The Hall–Kier alpha value is -2.72. The Morgan fingerprint density at radius 2 is 1.90 bits per heavy atom. The van der Waals surface area contributed by atoms with Gasteiger partial charge in [0.05, 0.1) is 32.7 Å². The highest BCUT2D eigenvalue weighted by Crippen LogP contribution is 2.30. The van der Waals surface area contributed by atoms with Gasteiger partial charge < -0.3 is 9.47 Å². The number of carbonyl (C=O) groups excluding carboxylic acids is 1. The van der Waals surface area contributed by atoms with E-state index in [0.717, 1.165) is 34.9 Å². The number of benzene rings is 2. The molecule has 154 valence electrons. The van der Waals surface area contributed by atoms with Gasteiger partial charge in [-0.15, -0.1) is 0 Å². The Balaban J connectivity index is 1.85. The van der Waals surface area contributed by atoms with Gasteiger partial charge in [0.25, 0.3) is 0 Å². The van der Waals surface area contributed by atoms with Crippen LogP contribution in [0.2, 0.25) is 0 Å². The number of amides is 1. The fraction of sp³-hybridized carbons (Fsp3) is 0.263. The maximum absolute atomic E-state index is 12.3. The van der Waals surface area contributed by atoms with Crippen LogP contribution < -0.4 is 14.2 Å². The number of anilines is 1. The van der Waals surface area contributed by atoms with Crippen molar-refractivity contribution in [1.82, 2.24) is 5.01 Å². The second-order valence-corrected chi connectivity index (χ2v) is 8.98. The maximum atomic E-state index is 12.3. The summed E-state index contributed by atoms with van der Waals surface area (Å²) in [5.74, 6) is 1.64. The van der Waals surface area contributed by atoms with Crippen LogP contribution in [0.4, 0.5) is 10.5 Å². The normalized spacial score (nSPS) is 14.4. The lowest BCUT2D eigenvalue weighted by atomic mass is 10.1. The van der Waals surface area contributed by atoms with E-state index < -0.39 is 10.0 Å². The fourth-order valence-corrected chi connectivity index (χ4v) is 4.09. The summed E-state index contributed by atoms with van der Waals surface area (Å²) in [4.78, 5) is 12.3. The van der Waals surface area contributed by atoms with Crippen LogP contribution in [-0.4, -0.2) is 50.6 Å². The highest BCUT2D eigenvalue weighted by molar-refractivity contribution is 8.14. The molecule has 0 bridgehead atoms. The highest BCUT2D eigenvalue weighted by Gasteiger charge is 2.23. The minimum absolute atomic E-state index is 0.171. The van der Waals surface area contributed by atoms with Gasteiger partial charge in [0.15, 0.2) is 11.5 Å². The average molecular weight is 436 g/mol. The van der Waals surface area contributed by atoms with E-state index in [1.54, 1.807) is 38.5 Å². The number of sulfonamides is 1. The van der Waals surface area contributed by atoms with Crippen molar-refractivity contribution in [3.63, 3.8) is 0 Å². The molecule has 0 saturated carbocycles. The van der Waals surface area contributed by atoms with Gasteiger partial charge in [0.2, 0.25) is 10.0 Å². The number of carbonyl (C=O) groups is 1. The number of nitrogens with one attached hydrogen (secondary N) is 1. The third kappa shape index (κ3) is 5.42. The van der Waals surface area contributed by atoms with Crippen LogP contribution in [0.3, 0.4) is 0 Å². The zero-order chi connectivity index (χ0) is 21.0. The third-order valence-electron chi connectivity index (χ3n) is 4.06. The molecule has 1 N–H and O–H groups in total.